The van der Waals surface area contributed by atoms with E-state index in [2.05, 4.69) is 27.9 Å². The summed E-state index contributed by atoms with van der Waals surface area (Å²) in [6.45, 7) is 2.06. The summed E-state index contributed by atoms with van der Waals surface area (Å²) < 4.78 is 0.916. The Hall–Kier alpha value is -0.670. The summed E-state index contributed by atoms with van der Waals surface area (Å²) >= 11 is 3.44. The number of carbonyl (C=O) groups is 1. The molecule has 2 rings (SSSR count). The van der Waals surface area contributed by atoms with Gasteiger partial charge in [-0.05, 0) is 39.0 Å². The Balaban J connectivity index is 2.11. The van der Waals surface area contributed by atoms with Gasteiger partial charge in [0.15, 0.2) is 5.78 Å². The average molecular weight is 282 g/mol. The monoisotopic (exact) mass is 281 g/mol. The van der Waals surface area contributed by atoms with Crippen LogP contribution < -0.4 is 0 Å². The van der Waals surface area contributed by atoms with E-state index in [1.807, 2.05) is 24.3 Å². The number of Topliss-reactive ketones (excluding diaryl/α,β-unsaturated/α-hetero) is 1. The third-order valence-corrected chi connectivity index (χ3v) is 3.92. The van der Waals surface area contributed by atoms with Crippen LogP contribution in [-0.4, -0.2) is 30.8 Å². The van der Waals surface area contributed by atoms with Crippen LogP contribution in [0.25, 0.3) is 0 Å². The predicted molar refractivity (Wildman–Crippen MR) is 68.7 cm³/mol. The van der Waals surface area contributed by atoms with Gasteiger partial charge in [-0.2, -0.15) is 0 Å². The van der Waals surface area contributed by atoms with E-state index in [4.69, 9.17) is 0 Å². The summed E-state index contributed by atoms with van der Waals surface area (Å²) in [6, 6.07) is 7.70. The molecule has 1 fully saturated rings. The number of carbonyl (C=O) groups excluding carboxylic acids is 1. The van der Waals surface area contributed by atoms with Crippen LogP contribution >= 0.6 is 15.9 Å². The van der Waals surface area contributed by atoms with Gasteiger partial charge in [0.1, 0.15) is 0 Å². The Labute approximate surface area is 105 Å². The summed E-state index contributed by atoms with van der Waals surface area (Å²) in [5.74, 6) is 0.496. The molecule has 1 heterocycles. The number of hydrogen-bond acceptors (Lipinski definition) is 2. The minimum absolute atomic E-state index is 0.204. The molecular weight excluding hydrogens is 266 g/mol. The van der Waals surface area contributed by atoms with Gasteiger partial charge in [0.05, 0.1) is 0 Å². The molecule has 2 nitrogen and oxygen atoms in total. The van der Waals surface area contributed by atoms with E-state index in [1.54, 1.807) is 0 Å². The van der Waals surface area contributed by atoms with E-state index in [0.29, 0.717) is 5.78 Å². The maximum absolute atomic E-state index is 12.3. The molecule has 0 bridgehead atoms. The Morgan fingerprint density at radius 1 is 1.31 bits per heavy atom. The van der Waals surface area contributed by atoms with Crippen LogP contribution in [0.4, 0.5) is 0 Å². The van der Waals surface area contributed by atoms with Gasteiger partial charge in [-0.25, -0.2) is 0 Å². The zero-order valence-corrected chi connectivity index (χ0v) is 11.0. The van der Waals surface area contributed by atoms with E-state index >= 15 is 0 Å². The van der Waals surface area contributed by atoms with Crippen molar-refractivity contribution >= 4 is 21.7 Å². The highest BCUT2D eigenvalue weighted by atomic mass is 79.9. The number of benzene rings is 1. The molecule has 0 atom stereocenters. The number of nitrogens with zero attached hydrogens (tertiary/aromatic N) is 1. The summed E-state index contributed by atoms with van der Waals surface area (Å²) in [7, 11) is 2.11. The van der Waals surface area contributed by atoms with Crippen molar-refractivity contribution in [2.24, 2.45) is 5.92 Å². The van der Waals surface area contributed by atoms with Crippen LogP contribution in [0.5, 0.6) is 0 Å². The minimum Gasteiger partial charge on any atom is -0.306 e. The second-order valence-corrected chi connectivity index (χ2v) is 5.28. The first-order valence-corrected chi connectivity index (χ1v) is 6.45. The highest BCUT2D eigenvalue weighted by Crippen LogP contribution is 2.25. The largest absolute Gasteiger partial charge is 0.306 e. The quantitative estimate of drug-likeness (QED) is 0.777. The van der Waals surface area contributed by atoms with Crippen LogP contribution in [0, 0.1) is 5.92 Å². The molecule has 86 valence electrons. The highest BCUT2D eigenvalue weighted by Gasteiger charge is 2.25. The molecule has 0 spiro atoms. The van der Waals surface area contributed by atoms with Crippen molar-refractivity contribution in [1.82, 2.24) is 4.90 Å². The van der Waals surface area contributed by atoms with Gasteiger partial charge in [-0.3, -0.25) is 4.79 Å². The molecule has 1 aromatic carbocycles. The Morgan fingerprint density at radius 3 is 2.56 bits per heavy atom. The Bertz CT molecular complexity index is 383. The SMILES string of the molecule is CN1CCC(C(=O)c2ccccc2Br)CC1. The van der Waals surface area contributed by atoms with Crippen LogP contribution in [0.15, 0.2) is 28.7 Å². The van der Waals surface area contributed by atoms with Gasteiger partial charge in [0.25, 0.3) is 0 Å². The van der Waals surface area contributed by atoms with Crippen molar-refractivity contribution in [3.05, 3.63) is 34.3 Å². The molecule has 0 radical (unpaired) electrons. The average Bonchev–Trinajstić information content (AvgIpc) is 2.30. The Morgan fingerprint density at radius 2 is 1.94 bits per heavy atom. The van der Waals surface area contributed by atoms with Crippen LogP contribution in [-0.2, 0) is 0 Å². The van der Waals surface area contributed by atoms with E-state index in [9.17, 15) is 4.79 Å². The van der Waals surface area contributed by atoms with Gasteiger partial charge in [0.2, 0.25) is 0 Å². The molecule has 0 unspecified atom stereocenters. The first kappa shape index (κ1) is 11.8. The molecule has 1 aromatic rings. The highest BCUT2D eigenvalue weighted by molar-refractivity contribution is 9.10. The van der Waals surface area contributed by atoms with E-state index in [0.717, 1.165) is 36.0 Å². The standard InChI is InChI=1S/C13H16BrNO/c1-15-8-6-10(7-9-15)13(16)11-4-2-3-5-12(11)14/h2-5,10H,6-9H2,1H3. The molecular formula is C13H16BrNO. The Kier molecular flexibility index (Phi) is 3.77. The van der Waals surface area contributed by atoms with Crippen molar-refractivity contribution in [2.75, 3.05) is 20.1 Å². The zero-order valence-electron chi connectivity index (χ0n) is 9.45. The number of ketones is 1. The van der Waals surface area contributed by atoms with Gasteiger partial charge in [0, 0.05) is 16.0 Å². The fraction of sp³-hybridized carbons (Fsp3) is 0.462. The zero-order chi connectivity index (χ0) is 11.5. The lowest BCUT2D eigenvalue weighted by molar-refractivity contribution is 0.0856. The lowest BCUT2D eigenvalue weighted by Gasteiger charge is -2.28. The van der Waals surface area contributed by atoms with Gasteiger partial charge in [-0.15, -0.1) is 0 Å². The molecule has 0 saturated carbocycles. The second-order valence-electron chi connectivity index (χ2n) is 4.42. The minimum atomic E-state index is 0.204. The van der Waals surface area contributed by atoms with Gasteiger partial charge < -0.3 is 4.90 Å². The number of rotatable bonds is 2. The van der Waals surface area contributed by atoms with Crippen molar-refractivity contribution in [1.29, 1.82) is 0 Å². The van der Waals surface area contributed by atoms with E-state index in [-0.39, 0.29) is 5.92 Å². The molecule has 3 heteroatoms. The molecule has 1 aliphatic heterocycles. The third kappa shape index (κ3) is 2.53. The summed E-state index contributed by atoms with van der Waals surface area (Å²) in [5.41, 5.74) is 0.831. The summed E-state index contributed by atoms with van der Waals surface area (Å²) in [5, 5.41) is 0. The number of hydrogen-bond donors (Lipinski definition) is 0. The maximum atomic E-state index is 12.3. The number of likely N-dealkylation sites (tertiary alicyclic amines) is 1. The molecule has 1 aliphatic rings. The van der Waals surface area contributed by atoms with Crippen molar-refractivity contribution in [3.63, 3.8) is 0 Å². The second kappa shape index (κ2) is 5.11. The molecule has 0 aromatic heterocycles. The fourth-order valence-electron chi connectivity index (χ4n) is 2.15. The first-order valence-electron chi connectivity index (χ1n) is 5.66. The van der Waals surface area contributed by atoms with Crippen molar-refractivity contribution in [2.45, 2.75) is 12.8 Å². The predicted octanol–water partition coefficient (Wildman–Crippen LogP) is 2.97. The topological polar surface area (TPSA) is 20.3 Å². The smallest absolute Gasteiger partial charge is 0.167 e. The molecule has 16 heavy (non-hydrogen) atoms. The van der Waals surface area contributed by atoms with Gasteiger partial charge >= 0.3 is 0 Å². The first-order chi connectivity index (χ1) is 7.68. The van der Waals surface area contributed by atoms with Crippen LogP contribution in [0.3, 0.4) is 0 Å². The van der Waals surface area contributed by atoms with Gasteiger partial charge in [-0.1, -0.05) is 34.1 Å². The fourth-order valence-corrected chi connectivity index (χ4v) is 2.63. The van der Waals surface area contributed by atoms with Crippen molar-refractivity contribution < 1.29 is 4.79 Å². The lowest BCUT2D eigenvalue weighted by atomic mass is 9.89. The van der Waals surface area contributed by atoms with E-state index in [1.165, 1.54) is 0 Å². The van der Waals surface area contributed by atoms with Crippen molar-refractivity contribution in [3.8, 4) is 0 Å². The number of halogens is 1. The van der Waals surface area contributed by atoms with Crippen LogP contribution in [0.1, 0.15) is 23.2 Å². The normalized spacial score (nSPS) is 18.6. The molecule has 0 amide bonds. The number of piperidine rings is 1. The van der Waals surface area contributed by atoms with Crippen LogP contribution in [0.2, 0.25) is 0 Å². The molecule has 0 aliphatic carbocycles. The lowest BCUT2D eigenvalue weighted by Crippen LogP contribution is -2.33. The molecule has 0 N–H and O–H groups in total. The van der Waals surface area contributed by atoms with E-state index < -0.39 is 0 Å². The summed E-state index contributed by atoms with van der Waals surface area (Å²) in [6.07, 6.45) is 1.97. The maximum Gasteiger partial charge on any atom is 0.167 e. The summed E-state index contributed by atoms with van der Waals surface area (Å²) in [4.78, 5) is 14.6. The third-order valence-electron chi connectivity index (χ3n) is 3.23. The molecule has 1 saturated heterocycles.